The summed E-state index contributed by atoms with van der Waals surface area (Å²) >= 11 is 5.88. The van der Waals surface area contributed by atoms with Gasteiger partial charge in [0.25, 0.3) is 0 Å². The summed E-state index contributed by atoms with van der Waals surface area (Å²) in [7, 11) is 0. The number of aromatic nitrogens is 2. The highest BCUT2D eigenvalue weighted by Crippen LogP contribution is 2.16. The normalized spacial score (nSPS) is 10.2. The Bertz CT molecular complexity index is 459. The fraction of sp³-hybridized carbons (Fsp3) is 0.167. The van der Waals surface area contributed by atoms with Gasteiger partial charge in [-0.1, -0.05) is 29.8 Å². The van der Waals surface area contributed by atoms with Crippen molar-refractivity contribution in [1.29, 1.82) is 0 Å². The molecule has 1 aromatic carbocycles. The molecule has 0 fully saturated rings. The summed E-state index contributed by atoms with van der Waals surface area (Å²) < 4.78 is 13.3. The van der Waals surface area contributed by atoms with E-state index in [-0.39, 0.29) is 5.82 Å². The molecule has 0 radical (unpaired) electrons. The molecule has 0 spiro atoms. The quantitative estimate of drug-likeness (QED) is 0.908. The molecule has 0 unspecified atom stereocenters. The van der Waals surface area contributed by atoms with Crippen molar-refractivity contribution in [3.63, 3.8) is 0 Å². The second-order valence-electron chi connectivity index (χ2n) is 3.49. The summed E-state index contributed by atoms with van der Waals surface area (Å²) in [5, 5.41) is 3.50. The maximum atomic E-state index is 13.3. The van der Waals surface area contributed by atoms with Gasteiger partial charge in [0, 0.05) is 6.54 Å². The van der Waals surface area contributed by atoms with Gasteiger partial charge in [-0.15, -0.1) is 0 Å². The van der Waals surface area contributed by atoms with E-state index in [0.29, 0.717) is 29.4 Å². The third kappa shape index (κ3) is 3.14. The molecule has 0 aliphatic rings. The Kier molecular flexibility index (Phi) is 3.88. The minimum atomic E-state index is -0.192. The Hall–Kier alpha value is -1.68. The maximum absolute atomic E-state index is 13.3. The molecule has 2 aromatic rings. The number of benzene rings is 1. The van der Waals surface area contributed by atoms with Crippen molar-refractivity contribution in [3.05, 3.63) is 53.2 Å². The van der Waals surface area contributed by atoms with Crippen LogP contribution in [0.15, 0.2) is 36.8 Å². The van der Waals surface area contributed by atoms with Crippen molar-refractivity contribution in [2.24, 2.45) is 0 Å². The van der Waals surface area contributed by atoms with E-state index >= 15 is 0 Å². The molecule has 1 aromatic heterocycles. The van der Waals surface area contributed by atoms with Gasteiger partial charge in [0.15, 0.2) is 0 Å². The van der Waals surface area contributed by atoms with Crippen molar-refractivity contribution in [1.82, 2.24) is 9.97 Å². The average molecular weight is 252 g/mol. The Morgan fingerprint density at radius 3 is 2.88 bits per heavy atom. The highest BCUT2D eigenvalue weighted by atomic mass is 35.5. The highest BCUT2D eigenvalue weighted by molar-refractivity contribution is 6.32. The standard InChI is InChI=1S/C12H11ClFN3/c13-10-7-15-8-17-12(10)16-6-5-9-3-1-2-4-11(9)14/h1-4,7-8H,5-6H2,(H,15,16,17). The molecular formula is C12H11ClFN3. The van der Waals surface area contributed by atoms with Crippen LogP contribution in [0, 0.1) is 5.82 Å². The number of hydrogen-bond donors (Lipinski definition) is 1. The number of hydrogen-bond acceptors (Lipinski definition) is 3. The van der Waals surface area contributed by atoms with Gasteiger partial charge in [-0.25, -0.2) is 14.4 Å². The van der Waals surface area contributed by atoms with Gasteiger partial charge in [-0.3, -0.25) is 0 Å². The predicted molar refractivity (Wildman–Crippen MR) is 65.6 cm³/mol. The lowest BCUT2D eigenvalue weighted by atomic mass is 10.1. The second kappa shape index (κ2) is 5.59. The molecule has 0 atom stereocenters. The Balaban J connectivity index is 1.93. The number of nitrogens with one attached hydrogen (secondary N) is 1. The summed E-state index contributed by atoms with van der Waals surface area (Å²) in [6.45, 7) is 0.567. The van der Waals surface area contributed by atoms with Crippen molar-refractivity contribution >= 4 is 17.4 Å². The molecule has 1 heterocycles. The molecule has 0 amide bonds. The first-order valence-electron chi connectivity index (χ1n) is 5.20. The van der Waals surface area contributed by atoms with Crippen LogP contribution in [0.3, 0.4) is 0 Å². The van der Waals surface area contributed by atoms with Crippen molar-refractivity contribution in [2.45, 2.75) is 6.42 Å². The fourth-order valence-corrected chi connectivity index (χ4v) is 1.63. The summed E-state index contributed by atoms with van der Waals surface area (Å²) in [5.41, 5.74) is 0.671. The minimum absolute atomic E-state index is 0.192. The zero-order valence-corrected chi connectivity index (χ0v) is 9.78. The third-order valence-corrected chi connectivity index (χ3v) is 2.59. The molecule has 3 nitrogen and oxygen atoms in total. The average Bonchev–Trinajstić information content (AvgIpc) is 2.34. The molecule has 0 aliphatic heterocycles. The molecule has 5 heteroatoms. The molecule has 0 saturated heterocycles. The molecule has 0 saturated carbocycles. The molecule has 2 rings (SSSR count). The van der Waals surface area contributed by atoms with E-state index in [1.54, 1.807) is 12.1 Å². The van der Waals surface area contributed by atoms with Crippen LogP contribution in [-0.4, -0.2) is 16.5 Å². The lowest BCUT2D eigenvalue weighted by molar-refractivity contribution is 0.610. The van der Waals surface area contributed by atoms with E-state index in [1.165, 1.54) is 18.6 Å². The van der Waals surface area contributed by atoms with Crippen LogP contribution < -0.4 is 5.32 Å². The number of anilines is 1. The fourth-order valence-electron chi connectivity index (χ4n) is 1.46. The van der Waals surface area contributed by atoms with E-state index in [4.69, 9.17) is 11.6 Å². The summed E-state index contributed by atoms with van der Waals surface area (Å²) in [6.07, 6.45) is 3.50. The van der Waals surface area contributed by atoms with Crippen LogP contribution >= 0.6 is 11.6 Å². The van der Waals surface area contributed by atoms with Gasteiger partial charge in [0.2, 0.25) is 0 Å². The first-order chi connectivity index (χ1) is 8.27. The Morgan fingerprint density at radius 2 is 2.12 bits per heavy atom. The third-order valence-electron chi connectivity index (χ3n) is 2.31. The van der Waals surface area contributed by atoms with Gasteiger partial charge in [-0.05, 0) is 18.1 Å². The van der Waals surface area contributed by atoms with E-state index in [2.05, 4.69) is 15.3 Å². The van der Waals surface area contributed by atoms with Crippen molar-refractivity contribution in [3.8, 4) is 0 Å². The molecular weight excluding hydrogens is 241 g/mol. The number of halogens is 2. The Morgan fingerprint density at radius 1 is 1.29 bits per heavy atom. The topological polar surface area (TPSA) is 37.8 Å². The zero-order chi connectivity index (χ0) is 12.1. The van der Waals surface area contributed by atoms with Gasteiger partial charge in [0.1, 0.15) is 23.0 Å². The van der Waals surface area contributed by atoms with Gasteiger partial charge in [-0.2, -0.15) is 0 Å². The lowest BCUT2D eigenvalue weighted by Gasteiger charge is -2.07. The molecule has 0 aliphatic carbocycles. The summed E-state index contributed by atoms with van der Waals surface area (Å²) in [5.74, 6) is 0.376. The van der Waals surface area contributed by atoms with Gasteiger partial charge < -0.3 is 5.32 Å². The lowest BCUT2D eigenvalue weighted by Crippen LogP contribution is -2.07. The van der Waals surface area contributed by atoms with E-state index in [0.717, 1.165) is 0 Å². The first kappa shape index (κ1) is 11.8. The van der Waals surface area contributed by atoms with E-state index in [9.17, 15) is 4.39 Å². The van der Waals surface area contributed by atoms with Crippen LogP contribution in [0.25, 0.3) is 0 Å². The molecule has 17 heavy (non-hydrogen) atoms. The predicted octanol–water partition coefficient (Wildman–Crippen LogP) is 2.92. The van der Waals surface area contributed by atoms with Gasteiger partial charge in [0.05, 0.1) is 6.20 Å². The number of nitrogens with zero attached hydrogens (tertiary/aromatic N) is 2. The van der Waals surface area contributed by atoms with Crippen LogP contribution in [0.1, 0.15) is 5.56 Å². The summed E-state index contributed by atoms with van der Waals surface area (Å²) in [4.78, 5) is 7.77. The maximum Gasteiger partial charge on any atom is 0.148 e. The van der Waals surface area contributed by atoms with Crippen molar-refractivity contribution < 1.29 is 4.39 Å². The van der Waals surface area contributed by atoms with E-state index in [1.807, 2.05) is 6.07 Å². The SMILES string of the molecule is Fc1ccccc1CCNc1ncncc1Cl. The van der Waals surface area contributed by atoms with Crippen LogP contribution in [-0.2, 0) is 6.42 Å². The summed E-state index contributed by atoms with van der Waals surface area (Å²) in [6, 6.07) is 6.70. The van der Waals surface area contributed by atoms with Crippen LogP contribution in [0.4, 0.5) is 10.2 Å². The number of rotatable bonds is 4. The van der Waals surface area contributed by atoms with Gasteiger partial charge >= 0.3 is 0 Å². The first-order valence-corrected chi connectivity index (χ1v) is 5.58. The molecule has 0 bridgehead atoms. The van der Waals surface area contributed by atoms with Crippen molar-refractivity contribution in [2.75, 3.05) is 11.9 Å². The molecule has 1 N–H and O–H groups in total. The van der Waals surface area contributed by atoms with E-state index < -0.39 is 0 Å². The zero-order valence-electron chi connectivity index (χ0n) is 9.03. The monoisotopic (exact) mass is 251 g/mol. The van der Waals surface area contributed by atoms with Crippen LogP contribution in [0.5, 0.6) is 0 Å². The largest absolute Gasteiger partial charge is 0.368 e. The van der Waals surface area contributed by atoms with Crippen LogP contribution in [0.2, 0.25) is 5.02 Å². The Labute approximate surface area is 104 Å². The molecule has 88 valence electrons. The highest BCUT2D eigenvalue weighted by Gasteiger charge is 2.02. The smallest absolute Gasteiger partial charge is 0.148 e. The minimum Gasteiger partial charge on any atom is -0.368 e. The second-order valence-corrected chi connectivity index (χ2v) is 3.89.